The van der Waals surface area contributed by atoms with Crippen LogP contribution in [0.1, 0.15) is 11.1 Å². The van der Waals surface area contributed by atoms with E-state index in [1.807, 2.05) is 97.1 Å². The van der Waals surface area contributed by atoms with Crippen LogP contribution in [0, 0.1) is 0 Å². The molecule has 3 aromatic carbocycles. The molecule has 25 heavy (non-hydrogen) atoms. The van der Waals surface area contributed by atoms with Gasteiger partial charge in [0.05, 0.1) is 10.6 Å². The quantitative estimate of drug-likeness (QED) is 0.637. The molecule has 1 atom stereocenters. The van der Waals surface area contributed by atoms with E-state index in [2.05, 4.69) is 4.40 Å². The molecule has 2 nitrogen and oxygen atoms in total. The lowest BCUT2D eigenvalue weighted by molar-refractivity contribution is 0.682. The highest BCUT2D eigenvalue weighted by molar-refractivity contribution is 8.01. The number of benzene rings is 3. The molecular formula is C22H17NOS. The summed E-state index contributed by atoms with van der Waals surface area (Å²) >= 11 is 0. The molecule has 0 amide bonds. The second-order valence-corrected chi connectivity index (χ2v) is 7.83. The monoisotopic (exact) mass is 343 g/mol. The van der Waals surface area contributed by atoms with Gasteiger partial charge in [0, 0.05) is 10.9 Å². The van der Waals surface area contributed by atoms with Crippen LogP contribution in [0.2, 0.25) is 0 Å². The van der Waals surface area contributed by atoms with Crippen LogP contribution in [0.25, 0.3) is 5.57 Å². The molecular weight excluding hydrogens is 326 g/mol. The summed E-state index contributed by atoms with van der Waals surface area (Å²) < 4.78 is 18.3. The SMILES string of the molecule is O=S1(c2ccccc2)=CC(c2ccccc2)=CC(c2ccccc2)=N1. The van der Waals surface area contributed by atoms with Gasteiger partial charge in [-0.25, -0.2) is 4.21 Å². The van der Waals surface area contributed by atoms with Crippen molar-refractivity contribution in [1.29, 1.82) is 0 Å². The molecule has 1 heterocycles. The minimum atomic E-state index is -2.67. The molecule has 0 radical (unpaired) electrons. The topological polar surface area (TPSA) is 29.4 Å². The van der Waals surface area contributed by atoms with Crippen LogP contribution in [-0.4, -0.2) is 15.3 Å². The third-order valence-electron chi connectivity index (χ3n) is 4.07. The Kier molecular flexibility index (Phi) is 4.08. The zero-order valence-electron chi connectivity index (χ0n) is 13.6. The Morgan fingerprint density at radius 1 is 0.640 bits per heavy atom. The lowest BCUT2D eigenvalue weighted by Crippen LogP contribution is -2.13. The molecule has 0 saturated heterocycles. The van der Waals surface area contributed by atoms with Crippen molar-refractivity contribution in [1.82, 2.24) is 0 Å². The first-order valence-corrected chi connectivity index (χ1v) is 9.69. The van der Waals surface area contributed by atoms with Gasteiger partial charge in [0.2, 0.25) is 0 Å². The van der Waals surface area contributed by atoms with Crippen molar-refractivity contribution < 1.29 is 4.21 Å². The van der Waals surface area contributed by atoms with E-state index in [0.29, 0.717) is 0 Å². The van der Waals surface area contributed by atoms with Crippen molar-refractivity contribution >= 4 is 26.4 Å². The zero-order chi connectivity index (χ0) is 17.1. The molecule has 0 fully saturated rings. The zero-order valence-corrected chi connectivity index (χ0v) is 14.4. The predicted molar refractivity (Wildman–Crippen MR) is 106 cm³/mol. The maximum Gasteiger partial charge on any atom is 0.102 e. The summed E-state index contributed by atoms with van der Waals surface area (Å²) in [5, 5.41) is 1.80. The van der Waals surface area contributed by atoms with Crippen molar-refractivity contribution in [2.45, 2.75) is 4.90 Å². The van der Waals surface area contributed by atoms with Crippen molar-refractivity contribution in [3.63, 3.8) is 0 Å². The number of nitrogens with zero attached hydrogens (tertiary/aromatic N) is 1. The van der Waals surface area contributed by atoms with Gasteiger partial charge in [0.15, 0.2) is 0 Å². The Bertz CT molecular complexity index is 1020. The second kappa shape index (κ2) is 6.54. The molecule has 122 valence electrons. The van der Waals surface area contributed by atoms with E-state index >= 15 is 0 Å². The molecule has 0 N–H and O–H groups in total. The first-order chi connectivity index (χ1) is 12.2. The van der Waals surface area contributed by atoms with E-state index in [9.17, 15) is 4.21 Å². The van der Waals surface area contributed by atoms with Crippen LogP contribution >= 0.6 is 0 Å². The number of hydrogen-bond donors (Lipinski definition) is 0. The minimum Gasteiger partial charge on any atom is -0.240 e. The minimum absolute atomic E-state index is 0.727. The van der Waals surface area contributed by atoms with E-state index in [1.165, 1.54) is 0 Å². The highest BCUT2D eigenvalue weighted by Crippen LogP contribution is 2.24. The first-order valence-electron chi connectivity index (χ1n) is 8.11. The van der Waals surface area contributed by atoms with Gasteiger partial charge >= 0.3 is 0 Å². The third-order valence-corrected chi connectivity index (χ3v) is 6.06. The summed E-state index contributed by atoms with van der Waals surface area (Å²) in [6, 6.07) is 29.4. The van der Waals surface area contributed by atoms with Crippen molar-refractivity contribution in [2.24, 2.45) is 4.40 Å². The van der Waals surface area contributed by atoms with E-state index < -0.39 is 9.71 Å². The lowest BCUT2D eigenvalue weighted by atomic mass is 10.0. The van der Waals surface area contributed by atoms with Crippen molar-refractivity contribution in [3.05, 3.63) is 108 Å². The molecule has 1 aliphatic heterocycles. The molecule has 0 saturated carbocycles. The maximum atomic E-state index is 13.7. The van der Waals surface area contributed by atoms with Crippen LogP contribution < -0.4 is 0 Å². The summed E-state index contributed by atoms with van der Waals surface area (Å²) in [6.45, 7) is 0. The molecule has 1 aliphatic rings. The second-order valence-electron chi connectivity index (χ2n) is 5.81. The number of allylic oxidation sites excluding steroid dienone is 2. The highest BCUT2D eigenvalue weighted by Gasteiger charge is 2.18. The smallest absolute Gasteiger partial charge is 0.102 e. The van der Waals surface area contributed by atoms with Gasteiger partial charge in [0.25, 0.3) is 0 Å². The van der Waals surface area contributed by atoms with E-state index in [4.69, 9.17) is 0 Å². The number of hydrogen-bond acceptors (Lipinski definition) is 1. The average molecular weight is 343 g/mol. The summed E-state index contributed by atoms with van der Waals surface area (Å²) in [4.78, 5) is 0.727. The van der Waals surface area contributed by atoms with Crippen LogP contribution in [0.3, 0.4) is 0 Å². The fraction of sp³-hybridized carbons (Fsp3) is 0. The Labute approximate surface area is 148 Å². The van der Waals surface area contributed by atoms with Gasteiger partial charge < -0.3 is 0 Å². The summed E-state index contributed by atoms with van der Waals surface area (Å²) in [7, 11) is -2.67. The van der Waals surface area contributed by atoms with Gasteiger partial charge in [-0.15, -0.1) is 0 Å². The first kappa shape index (κ1) is 15.6. The summed E-state index contributed by atoms with van der Waals surface area (Å²) in [5.41, 5.74) is 3.68. The van der Waals surface area contributed by atoms with E-state index in [-0.39, 0.29) is 0 Å². The predicted octanol–water partition coefficient (Wildman–Crippen LogP) is 4.63. The van der Waals surface area contributed by atoms with Crippen LogP contribution in [0.4, 0.5) is 0 Å². The molecule has 3 aromatic rings. The standard InChI is InChI=1S/C22H17NOS/c24-25(21-14-8-3-9-15-21)17-20(18-10-4-1-5-11-18)16-22(23-25)19-12-6-2-7-13-19/h1-17H. The average Bonchev–Trinajstić information content (AvgIpc) is 2.70. The van der Waals surface area contributed by atoms with Gasteiger partial charge in [-0.2, -0.15) is 4.40 Å². The van der Waals surface area contributed by atoms with Gasteiger partial charge in [0.1, 0.15) is 9.71 Å². The van der Waals surface area contributed by atoms with Gasteiger partial charge in [-0.1, -0.05) is 78.9 Å². The molecule has 0 aromatic heterocycles. The Morgan fingerprint density at radius 2 is 1.16 bits per heavy atom. The van der Waals surface area contributed by atoms with Gasteiger partial charge in [-0.05, 0) is 29.3 Å². The Hall–Kier alpha value is -2.91. The third kappa shape index (κ3) is 3.19. The fourth-order valence-electron chi connectivity index (χ4n) is 2.82. The Balaban J connectivity index is 1.95. The lowest BCUT2D eigenvalue weighted by Gasteiger charge is -2.16. The maximum absolute atomic E-state index is 13.7. The van der Waals surface area contributed by atoms with Crippen LogP contribution in [0.5, 0.6) is 0 Å². The van der Waals surface area contributed by atoms with E-state index in [1.54, 1.807) is 5.37 Å². The largest absolute Gasteiger partial charge is 0.240 e. The van der Waals surface area contributed by atoms with Crippen LogP contribution in [-0.2, 0) is 9.71 Å². The van der Waals surface area contributed by atoms with Crippen molar-refractivity contribution in [2.75, 3.05) is 0 Å². The molecule has 4 rings (SSSR count). The van der Waals surface area contributed by atoms with Crippen LogP contribution in [0.15, 0.2) is 106 Å². The molecule has 1 unspecified atom stereocenters. The highest BCUT2D eigenvalue weighted by atomic mass is 32.2. The van der Waals surface area contributed by atoms with E-state index in [0.717, 1.165) is 27.3 Å². The number of rotatable bonds is 3. The molecule has 0 bridgehead atoms. The molecule has 0 aliphatic carbocycles. The normalized spacial score (nSPS) is 19.5. The molecule has 3 heteroatoms. The van der Waals surface area contributed by atoms with Crippen molar-refractivity contribution in [3.8, 4) is 0 Å². The summed E-state index contributed by atoms with van der Waals surface area (Å²) in [6.07, 6.45) is 2.01. The fourth-order valence-corrected chi connectivity index (χ4v) is 4.66. The Morgan fingerprint density at radius 3 is 1.76 bits per heavy atom. The molecule has 0 spiro atoms. The summed E-state index contributed by atoms with van der Waals surface area (Å²) in [5.74, 6) is 0. The van der Waals surface area contributed by atoms with Gasteiger partial charge in [-0.3, -0.25) is 0 Å².